The first kappa shape index (κ1) is 48.3. The normalized spacial score (nSPS) is 16.6. The summed E-state index contributed by atoms with van der Waals surface area (Å²) in [5.41, 5.74) is 1.34. The van der Waals surface area contributed by atoms with Gasteiger partial charge in [0, 0.05) is 76.1 Å². The van der Waals surface area contributed by atoms with Crippen LogP contribution in [0.5, 0.6) is 0 Å². The molecule has 1 unspecified atom stereocenters. The fourth-order valence-corrected chi connectivity index (χ4v) is 8.04. The molecule has 2 atom stereocenters. The monoisotopic (exact) mass is 894 g/mol. The number of thioether (sulfide) groups is 1. The SMILES string of the molecule is CC(=O)[C@@H](CNC(=O)COCC(=O)Nc1ccc(CCC(=O)N2CCC2=O)cc1)NC(=O)CCSC1CC(=O)N(CCC(=O)NCCOCCOCCC(=O)C2SS2)C1=O. The summed E-state index contributed by atoms with van der Waals surface area (Å²) < 4.78 is 16.0. The van der Waals surface area contributed by atoms with Gasteiger partial charge in [0.1, 0.15) is 23.8 Å². The lowest BCUT2D eigenvalue weighted by Gasteiger charge is -2.28. The molecule has 0 radical (unpaired) electrons. The van der Waals surface area contributed by atoms with Crippen LogP contribution in [0.3, 0.4) is 0 Å². The van der Waals surface area contributed by atoms with Crippen LogP contribution in [0.25, 0.3) is 0 Å². The number of nitrogens with zero attached hydrogens (tertiary/aromatic N) is 2. The topological polar surface area (TPSA) is 253 Å². The maximum Gasteiger partial charge on any atom is 0.250 e. The number of nitrogens with one attached hydrogen (secondary N) is 4. The molecule has 328 valence electrons. The van der Waals surface area contributed by atoms with Gasteiger partial charge >= 0.3 is 0 Å². The predicted molar refractivity (Wildman–Crippen MR) is 221 cm³/mol. The molecule has 22 heteroatoms. The average Bonchev–Trinajstić information content (AvgIpc) is 4.02. The Labute approximate surface area is 359 Å². The third kappa shape index (κ3) is 17.3. The van der Waals surface area contributed by atoms with Gasteiger partial charge in [0.05, 0.1) is 31.7 Å². The van der Waals surface area contributed by atoms with E-state index in [-0.39, 0.29) is 85.8 Å². The number of ketones is 2. The van der Waals surface area contributed by atoms with E-state index in [0.29, 0.717) is 51.3 Å². The molecule has 19 nitrogen and oxygen atoms in total. The molecule has 1 aromatic carbocycles. The van der Waals surface area contributed by atoms with Gasteiger partial charge in [-0.1, -0.05) is 33.7 Å². The fourth-order valence-electron chi connectivity index (χ4n) is 5.61. The number of amides is 8. The Hall–Kier alpha value is -4.35. The Balaban J connectivity index is 1.01. The number of ether oxygens (including phenoxy) is 3. The summed E-state index contributed by atoms with van der Waals surface area (Å²) in [5.74, 6) is -3.30. The van der Waals surface area contributed by atoms with Crippen molar-refractivity contribution in [3.63, 3.8) is 0 Å². The minimum atomic E-state index is -1.04. The van der Waals surface area contributed by atoms with Gasteiger partial charge in [0.2, 0.25) is 47.3 Å². The molecule has 0 spiro atoms. The number of benzene rings is 1. The van der Waals surface area contributed by atoms with Gasteiger partial charge in [-0.25, -0.2) is 0 Å². The molecule has 4 rings (SSSR count). The number of β-lactam (4-membered cyclic amide) rings is 1. The second-order valence-corrected chi connectivity index (χ2v) is 17.8. The van der Waals surface area contributed by atoms with Gasteiger partial charge in [-0.05, 0) is 31.0 Å². The van der Waals surface area contributed by atoms with E-state index >= 15 is 0 Å². The van der Waals surface area contributed by atoms with E-state index in [4.69, 9.17) is 14.2 Å². The number of rotatable bonds is 29. The van der Waals surface area contributed by atoms with Crippen molar-refractivity contribution in [3.8, 4) is 0 Å². The van der Waals surface area contributed by atoms with Crippen LogP contribution in [0, 0.1) is 0 Å². The van der Waals surface area contributed by atoms with Crippen LogP contribution in [-0.2, 0) is 68.6 Å². The zero-order valence-corrected chi connectivity index (χ0v) is 35.6. The standard InChI is InChI=1S/C38H50N6O13S3/c1-24(45)27(21-40-32(49)22-57-23-33(50)41-26-5-2-25(3-6-26)4-7-34(51)43-14-9-35(43)52)42-31(48)11-19-58-29-20-36(53)44(37(29)54)13-8-30(47)39-12-16-56-18-17-55-15-10-28(46)38-59-60-38/h2-3,5-6,27,29,38H,4,7-23H2,1H3,(H,39,47)(H,40,49)(H,41,50)(H,42,48)/t27-,29?/m1/s1. The van der Waals surface area contributed by atoms with Crippen LogP contribution in [-0.4, -0.2) is 156 Å². The summed E-state index contributed by atoms with van der Waals surface area (Å²) in [7, 11) is 3.10. The van der Waals surface area contributed by atoms with Crippen LogP contribution in [0.15, 0.2) is 24.3 Å². The minimum absolute atomic E-state index is 0.0560. The smallest absolute Gasteiger partial charge is 0.250 e. The zero-order chi connectivity index (χ0) is 43.4. The molecular formula is C38H50N6O13S3. The largest absolute Gasteiger partial charge is 0.379 e. The highest BCUT2D eigenvalue weighted by Gasteiger charge is 2.39. The molecule has 60 heavy (non-hydrogen) atoms. The molecule has 0 aliphatic carbocycles. The highest BCUT2D eigenvalue weighted by Crippen LogP contribution is 2.53. The van der Waals surface area contributed by atoms with Crippen LogP contribution >= 0.6 is 33.3 Å². The first-order valence-electron chi connectivity index (χ1n) is 19.4. The Morgan fingerprint density at radius 1 is 0.800 bits per heavy atom. The van der Waals surface area contributed by atoms with Crippen LogP contribution in [0.2, 0.25) is 0 Å². The quantitative estimate of drug-likeness (QED) is 0.0271. The third-order valence-corrected chi connectivity index (χ3v) is 12.4. The van der Waals surface area contributed by atoms with Gasteiger partial charge in [0.15, 0.2) is 11.6 Å². The molecule has 1 aromatic rings. The van der Waals surface area contributed by atoms with Gasteiger partial charge in [-0.2, -0.15) is 0 Å². The van der Waals surface area contributed by atoms with Crippen molar-refractivity contribution in [2.24, 2.45) is 0 Å². The first-order valence-corrected chi connectivity index (χ1v) is 22.7. The lowest BCUT2D eigenvalue weighted by atomic mass is 10.1. The molecule has 3 saturated heterocycles. The highest BCUT2D eigenvalue weighted by molar-refractivity contribution is 8.93. The first-order chi connectivity index (χ1) is 28.8. The lowest BCUT2D eigenvalue weighted by molar-refractivity contribution is -0.152. The van der Waals surface area contributed by atoms with Crippen LogP contribution in [0.1, 0.15) is 51.0 Å². The molecule has 0 aromatic heterocycles. The lowest BCUT2D eigenvalue weighted by Crippen LogP contribution is -2.48. The summed E-state index contributed by atoms with van der Waals surface area (Å²) in [5, 5.41) is 9.62. The molecular weight excluding hydrogens is 845 g/mol. The molecule has 3 aliphatic heterocycles. The van der Waals surface area contributed by atoms with E-state index in [9.17, 15) is 47.9 Å². The van der Waals surface area contributed by atoms with E-state index in [0.717, 1.165) is 22.2 Å². The van der Waals surface area contributed by atoms with Gasteiger partial charge in [-0.15, -0.1) is 11.8 Å². The van der Waals surface area contributed by atoms with Crippen molar-refractivity contribution in [2.75, 3.05) is 76.9 Å². The van der Waals surface area contributed by atoms with Crippen molar-refractivity contribution in [2.45, 2.75) is 67.7 Å². The number of Topliss-reactive ketones (excluding diaryl/α,β-unsaturated/α-hetero) is 2. The third-order valence-electron chi connectivity index (χ3n) is 9.11. The molecule has 0 saturated carbocycles. The summed E-state index contributed by atoms with van der Waals surface area (Å²) >= 11 is 1.12. The van der Waals surface area contributed by atoms with E-state index in [1.165, 1.54) is 11.8 Å². The highest BCUT2D eigenvalue weighted by atomic mass is 33.2. The number of carbonyl (C=O) groups is 10. The number of imide groups is 2. The van der Waals surface area contributed by atoms with Crippen molar-refractivity contribution in [1.82, 2.24) is 25.8 Å². The molecule has 3 aliphatic rings. The number of hydrogen-bond acceptors (Lipinski definition) is 16. The molecule has 0 bridgehead atoms. The number of anilines is 1. The summed E-state index contributed by atoms with van der Waals surface area (Å²) in [6.07, 6.45) is 1.20. The second-order valence-electron chi connectivity index (χ2n) is 13.7. The molecule has 3 fully saturated rings. The van der Waals surface area contributed by atoms with Crippen molar-refractivity contribution < 1.29 is 62.2 Å². The minimum Gasteiger partial charge on any atom is -0.379 e. The van der Waals surface area contributed by atoms with Gasteiger partial charge < -0.3 is 35.5 Å². The zero-order valence-electron chi connectivity index (χ0n) is 33.2. The van der Waals surface area contributed by atoms with Crippen LogP contribution < -0.4 is 21.3 Å². The molecule has 3 heterocycles. The van der Waals surface area contributed by atoms with Crippen LogP contribution in [0.4, 0.5) is 5.69 Å². The number of hydrogen-bond donors (Lipinski definition) is 4. The summed E-state index contributed by atoms with van der Waals surface area (Å²) in [6, 6.07) is 5.78. The predicted octanol–water partition coefficient (Wildman–Crippen LogP) is -0.00620. The van der Waals surface area contributed by atoms with Crippen molar-refractivity contribution in [3.05, 3.63) is 29.8 Å². The molecule has 8 amide bonds. The van der Waals surface area contributed by atoms with Gasteiger partial charge in [0.25, 0.3) is 0 Å². The number of aryl methyl sites for hydroxylation is 1. The maximum atomic E-state index is 12.8. The Bertz CT molecular complexity index is 1750. The summed E-state index contributed by atoms with van der Waals surface area (Å²) in [4.78, 5) is 124. The second kappa shape index (κ2) is 25.4. The van der Waals surface area contributed by atoms with E-state index < -0.39 is 59.8 Å². The van der Waals surface area contributed by atoms with E-state index in [1.54, 1.807) is 45.9 Å². The Morgan fingerprint density at radius 2 is 1.52 bits per heavy atom. The van der Waals surface area contributed by atoms with E-state index in [2.05, 4.69) is 21.3 Å². The Morgan fingerprint density at radius 3 is 2.18 bits per heavy atom. The maximum absolute atomic E-state index is 12.8. The van der Waals surface area contributed by atoms with Crippen molar-refractivity contribution >= 4 is 97.9 Å². The molecule has 4 N–H and O–H groups in total. The fraction of sp³-hybridized carbons (Fsp3) is 0.579. The van der Waals surface area contributed by atoms with E-state index in [1.807, 2.05) is 0 Å². The number of carbonyl (C=O) groups excluding carboxylic acids is 10. The van der Waals surface area contributed by atoms with Crippen molar-refractivity contribution in [1.29, 1.82) is 0 Å². The summed E-state index contributed by atoms with van der Waals surface area (Å²) in [6.45, 7) is 1.94. The average molecular weight is 895 g/mol. The Kier molecular flexibility index (Phi) is 20.5. The van der Waals surface area contributed by atoms with Gasteiger partial charge in [-0.3, -0.25) is 57.7 Å². The number of likely N-dealkylation sites (tertiary alicyclic amines) is 2.